The number of ether oxygens (including phenoxy) is 1. The number of carbonyl (C=O) groups excluding carboxylic acids is 2. The van der Waals surface area contributed by atoms with Gasteiger partial charge in [0.1, 0.15) is 17.9 Å². The van der Waals surface area contributed by atoms with Crippen LogP contribution in [0.25, 0.3) is 10.9 Å². The molecule has 1 amide bonds. The van der Waals surface area contributed by atoms with E-state index < -0.39 is 17.5 Å². The third-order valence-electron chi connectivity index (χ3n) is 2.85. The number of hydrogen-bond acceptors (Lipinski definition) is 4. The molecule has 21 heavy (non-hydrogen) atoms. The summed E-state index contributed by atoms with van der Waals surface area (Å²) >= 11 is 0. The van der Waals surface area contributed by atoms with Gasteiger partial charge >= 0.3 is 5.97 Å². The van der Waals surface area contributed by atoms with E-state index in [1.54, 1.807) is 31.4 Å². The molecule has 0 spiro atoms. The Kier molecular flexibility index (Phi) is 3.63. The lowest BCUT2D eigenvalue weighted by atomic mass is 10.1. The van der Waals surface area contributed by atoms with Crippen LogP contribution in [0, 0.1) is 0 Å². The fourth-order valence-corrected chi connectivity index (χ4v) is 2.13. The van der Waals surface area contributed by atoms with E-state index >= 15 is 0 Å². The van der Waals surface area contributed by atoms with Crippen LogP contribution in [0.4, 0.5) is 0 Å². The van der Waals surface area contributed by atoms with Gasteiger partial charge in [0, 0.05) is 17.1 Å². The average Bonchev–Trinajstić information content (AvgIpc) is 2.64. The number of amides is 1. The lowest BCUT2D eigenvalue weighted by Crippen LogP contribution is -2.26. The molecule has 0 atom stereocenters. The molecule has 0 unspecified atom stereocenters. The summed E-state index contributed by atoms with van der Waals surface area (Å²) in [5.41, 5.74) is 5.63. The van der Waals surface area contributed by atoms with Crippen LogP contribution in [-0.4, -0.2) is 27.2 Å². The van der Waals surface area contributed by atoms with Gasteiger partial charge in [-0.3, -0.25) is 9.59 Å². The molecule has 1 aromatic heterocycles. The number of esters is 1. The highest BCUT2D eigenvalue weighted by Gasteiger charge is 2.19. The van der Waals surface area contributed by atoms with Gasteiger partial charge in [-0.25, -0.2) is 0 Å². The zero-order chi connectivity index (χ0) is 15.8. The van der Waals surface area contributed by atoms with Crippen molar-refractivity contribution < 1.29 is 19.4 Å². The van der Waals surface area contributed by atoms with Crippen LogP contribution >= 0.6 is 0 Å². The largest absolute Gasteiger partial charge is 0.508 e. The van der Waals surface area contributed by atoms with E-state index in [1.807, 2.05) is 0 Å². The van der Waals surface area contributed by atoms with Crippen LogP contribution in [0.5, 0.6) is 5.75 Å². The first-order chi connectivity index (χ1) is 9.67. The van der Waals surface area contributed by atoms with Gasteiger partial charge in [0.05, 0.1) is 5.56 Å². The van der Waals surface area contributed by atoms with Crippen molar-refractivity contribution >= 4 is 22.8 Å². The first-order valence-corrected chi connectivity index (χ1v) is 6.51. The molecule has 0 saturated heterocycles. The standard InChI is InChI=1S/C15H18N2O4/c1-15(2,3)21-13(19)8-17-7-11(14(16)20)10-6-9(18)4-5-12(10)17/h4-7,18H,8H2,1-3H3,(H2,16,20). The number of primary amides is 1. The minimum absolute atomic E-state index is 0.0278. The predicted octanol–water partition coefficient (Wildman–Crippen LogP) is 1.79. The molecule has 6 nitrogen and oxygen atoms in total. The van der Waals surface area contributed by atoms with Crippen LogP contribution in [-0.2, 0) is 16.1 Å². The maximum atomic E-state index is 11.9. The van der Waals surface area contributed by atoms with Crippen molar-refractivity contribution in [3.63, 3.8) is 0 Å². The minimum Gasteiger partial charge on any atom is -0.508 e. The van der Waals surface area contributed by atoms with Crippen LogP contribution in [0.15, 0.2) is 24.4 Å². The number of aromatic nitrogens is 1. The Balaban J connectivity index is 2.41. The zero-order valence-corrected chi connectivity index (χ0v) is 12.2. The van der Waals surface area contributed by atoms with Gasteiger partial charge in [-0.05, 0) is 39.0 Å². The molecule has 0 radical (unpaired) electrons. The summed E-state index contributed by atoms with van der Waals surface area (Å²) in [5.74, 6) is -1.00. The predicted molar refractivity (Wildman–Crippen MR) is 78.0 cm³/mol. The highest BCUT2D eigenvalue weighted by molar-refractivity contribution is 6.06. The number of aromatic hydroxyl groups is 1. The molecular weight excluding hydrogens is 272 g/mol. The van der Waals surface area contributed by atoms with Crippen molar-refractivity contribution in [3.8, 4) is 5.75 Å². The van der Waals surface area contributed by atoms with Gasteiger partial charge in [-0.2, -0.15) is 0 Å². The average molecular weight is 290 g/mol. The molecule has 6 heteroatoms. The quantitative estimate of drug-likeness (QED) is 0.842. The van der Waals surface area contributed by atoms with Crippen LogP contribution < -0.4 is 5.73 Å². The third kappa shape index (κ3) is 3.34. The second kappa shape index (κ2) is 5.12. The molecular formula is C15H18N2O4. The van der Waals surface area contributed by atoms with Crippen molar-refractivity contribution in [2.45, 2.75) is 32.9 Å². The van der Waals surface area contributed by atoms with E-state index in [1.165, 1.54) is 18.3 Å². The topological polar surface area (TPSA) is 94.5 Å². The molecule has 0 saturated carbocycles. The summed E-state index contributed by atoms with van der Waals surface area (Å²) in [6, 6.07) is 4.56. The molecule has 2 rings (SSSR count). The molecule has 0 bridgehead atoms. The van der Waals surface area contributed by atoms with Crippen molar-refractivity contribution in [2.24, 2.45) is 5.73 Å². The van der Waals surface area contributed by atoms with Gasteiger partial charge in [0.2, 0.25) is 0 Å². The Morgan fingerprint density at radius 2 is 2.00 bits per heavy atom. The van der Waals surface area contributed by atoms with Crippen LogP contribution in [0.1, 0.15) is 31.1 Å². The highest BCUT2D eigenvalue weighted by Crippen LogP contribution is 2.25. The monoisotopic (exact) mass is 290 g/mol. The second-order valence-electron chi connectivity index (χ2n) is 5.82. The molecule has 112 valence electrons. The van der Waals surface area contributed by atoms with E-state index in [4.69, 9.17) is 10.5 Å². The lowest BCUT2D eigenvalue weighted by molar-refractivity contribution is -0.155. The molecule has 0 aliphatic heterocycles. The number of nitrogens with two attached hydrogens (primary N) is 1. The molecule has 1 aromatic carbocycles. The summed E-state index contributed by atoms with van der Waals surface area (Å²) < 4.78 is 6.84. The SMILES string of the molecule is CC(C)(C)OC(=O)Cn1cc(C(N)=O)c2cc(O)ccc21. The number of phenols is 1. The number of carbonyl (C=O) groups is 2. The van der Waals surface area contributed by atoms with E-state index in [2.05, 4.69) is 0 Å². The molecule has 0 aliphatic rings. The minimum atomic E-state index is -0.617. The summed E-state index contributed by atoms with van der Waals surface area (Å²) in [5, 5.41) is 10.0. The normalized spacial score (nSPS) is 11.6. The second-order valence-corrected chi connectivity index (χ2v) is 5.82. The first kappa shape index (κ1) is 14.9. The number of rotatable bonds is 3. The molecule has 2 aromatic rings. The van der Waals surface area contributed by atoms with E-state index in [-0.39, 0.29) is 17.9 Å². The Labute approximate surface area is 122 Å². The number of nitrogens with zero attached hydrogens (tertiary/aromatic N) is 1. The number of phenolic OH excluding ortho intramolecular Hbond substituents is 1. The fourth-order valence-electron chi connectivity index (χ4n) is 2.13. The maximum absolute atomic E-state index is 11.9. The number of benzene rings is 1. The number of fused-ring (bicyclic) bond motifs is 1. The van der Waals surface area contributed by atoms with Crippen molar-refractivity contribution in [3.05, 3.63) is 30.0 Å². The Morgan fingerprint density at radius 1 is 1.33 bits per heavy atom. The zero-order valence-electron chi connectivity index (χ0n) is 12.2. The Morgan fingerprint density at radius 3 is 2.57 bits per heavy atom. The number of hydrogen-bond donors (Lipinski definition) is 2. The molecule has 0 fully saturated rings. The summed E-state index contributed by atoms with van der Waals surface area (Å²) in [7, 11) is 0. The van der Waals surface area contributed by atoms with Crippen LogP contribution in [0.3, 0.4) is 0 Å². The van der Waals surface area contributed by atoms with Crippen molar-refractivity contribution in [1.29, 1.82) is 0 Å². The highest BCUT2D eigenvalue weighted by atomic mass is 16.6. The first-order valence-electron chi connectivity index (χ1n) is 6.51. The van der Waals surface area contributed by atoms with Gasteiger partial charge < -0.3 is 20.1 Å². The molecule has 1 heterocycles. The lowest BCUT2D eigenvalue weighted by Gasteiger charge is -2.19. The summed E-state index contributed by atoms with van der Waals surface area (Å²) in [6.45, 7) is 5.31. The van der Waals surface area contributed by atoms with Crippen molar-refractivity contribution in [1.82, 2.24) is 4.57 Å². The summed E-state index contributed by atoms with van der Waals surface area (Å²) in [4.78, 5) is 23.4. The van der Waals surface area contributed by atoms with E-state index in [9.17, 15) is 14.7 Å². The Bertz CT molecular complexity index is 710. The van der Waals surface area contributed by atoms with Gasteiger partial charge in [-0.15, -0.1) is 0 Å². The summed E-state index contributed by atoms with van der Waals surface area (Å²) in [6.07, 6.45) is 1.50. The molecule has 3 N–H and O–H groups in total. The smallest absolute Gasteiger partial charge is 0.326 e. The van der Waals surface area contributed by atoms with Gasteiger partial charge in [0.25, 0.3) is 5.91 Å². The maximum Gasteiger partial charge on any atom is 0.326 e. The van der Waals surface area contributed by atoms with Crippen LogP contribution in [0.2, 0.25) is 0 Å². The van der Waals surface area contributed by atoms with Gasteiger partial charge in [-0.1, -0.05) is 0 Å². The fraction of sp³-hybridized carbons (Fsp3) is 0.333. The van der Waals surface area contributed by atoms with Gasteiger partial charge in [0.15, 0.2) is 0 Å². The third-order valence-corrected chi connectivity index (χ3v) is 2.85. The van der Waals surface area contributed by atoms with E-state index in [0.29, 0.717) is 10.9 Å². The molecule has 0 aliphatic carbocycles. The Hall–Kier alpha value is -2.50. The van der Waals surface area contributed by atoms with E-state index in [0.717, 1.165) is 0 Å². The van der Waals surface area contributed by atoms with Crippen molar-refractivity contribution in [2.75, 3.05) is 0 Å².